The number of nitrogens with zero attached hydrogens (tertiary/aromatic N) is 5. The normalized spacial score (nSPS) is 23.2. The van der Waals surface area contributed by atoms with Crippen LogP contribution in [0, 0.1) is 12.8 Å². The highest BCUT2D eigenvalue weighted by molar-refractivity contribution is 5.92. The number of pyridine rings is 1. The first-order valence-electron chi connectivity index (χ1n) is 9.60. The van der Waals surface area contributed by atoms with Gasteiger partial charge >= 0.3 is 0 Å². The highest BCUT2D eigenvalue weighted by Gasteiger charge is 2.38. The van der Waals surface area contributed by atoms with Crippen LogP contribution < -0.4 is 0 Å². The van der Waals surface area contributed by atoms with E-state index in [1.54, 1.807) is 0 Å². The zero-order chi connectivity index (χ0) is 18.1. The van der Waals surface area contributed by atoms with Crippen molar-refractivity contribution in [2.24, 2.45) is 5.92 Å². The molecule has 0 spiro atoms. The number of piperidine rings is 1. The average molecular weight is 353 g/mol. The Kier molecular flexibility index (Phi) is 4.76. The van der Waals surface area contributed by atoms with E-state index in [1.807, 2.05) is 30.1 Å². The summed E-state index contributed by atoms with van der Waals surface area (Å²) in [4.78, 5) is 21.8. The molecule has 5 rings (SSSR count). The molecule has 6 heteroatoms. The SMILES string of the molecule is CCn1nc(C(=O)N2C[C@H]3CC[C@@H]2CN(Cc2ccncc2)C3)cc1C. The summed E-state index contributed by atoms with van der Waals surface area (Å²) in [5.74, 6) is 0.648. The maximum atomic E-state index is 13.1. The molecule has 0 unspecified atom stereocenters. The minimum Gasteiger partial charge on any atom is -0.333 e. The lowest BCUT2D eigenvalue weighted by molar-refractivity contribution is 0.0578. The van der Waals surface area contributed by atoms with E-state index in [4.69, 9.17) is 0 Å². The molecule has 138 valence electrons. The molecule has 2 aromatic rings. The van der Waals surface area contributed by atoms with Gasteiger partial charge in [0.1, 0.15) is 0 Å². The molecule has 6 nitrogen and oxygen atoms in total. The smallest absolute Gasteiger partial charge is 0.274 e. The van der Waals surface area contributed by atoms with Crippen molar-refractivity contribution in [1.29, 1.82) is 0 Å². The summed E-state index contributed by atoms with van der Waals surface area (Å²) in [7, 11) is 0. The number of amides is 1. The molecular weight excluding hydrogens is 326 g/mol. The number of rotatable bonds is 4. The van der Waals surface area contributed by atoms with Crippen molar-refractivity contribution < 1.29 is 4.79 Å². The van der Waals surface area contributed by atoms with Crippen molar-refractivity contribution in [2.75, 3.05) is 19.6 Å². The molecule has 0 aromatic carbocycles. The number of fused-ring (bicyclic) bond motifs is 4. The number of hydrogen-bond acceptors (Lipinski definition) is 4. The fourth-order valence-electron chi connectivity index (χ4n) is 4.39. The van der Waals surface area contributed by atoms with Crippen molar-refractivity contribution in [2.45, 2.75) is 45.8 Å². The van der Waals surface area contributed by atoms with Crippen LogP contribution in [-0.4, -0.2) is 56.1 Å². The second kappa shape index (κ2) is 7.19. The summed E-state index contributed by atoms with van der Waals surface area (Å²) in [6.07, 6.45) is 6.01. The van der Waals surface area contributed by atoms with E-state index in [2.05, 4.69) is 38.9 Å². The first kappa shape index (κ1) is 17.2. The largest absolute Gasteiger partial charge is 0.333 e. The molecule has 0 radical (unpaired) electrons. The fraction of sp³-hybridized carbons (Fsp3) is 0.550. The van der Waals surface area contributed by atoms with E-state index in [-0.39, 0.29) is 11.9 Å². The number of carbonyl (C=O) groups excluding carboxylic acids is 1. The standard InChI is InChI=1S/C20H27N5O/c1-3-25-15(2)10-19(22-25)20(26)24-13-17-4-5-18(24)14-23(12-17)11-16-6-8-21-9-7-16/h6-10,17-18H,3-5,11-14H2,1-2H3/t17-,18+/m0/s1. The van der Waals surface area contributed by atoms with Gasteiger partial charge in [-0.15, -0.1) is 0 Å². The van der Waals surface area contributed by atoms with Crippen molar-refractivity contribution in [1.82, 2.24) is 24.6 Å². The van der Waals surface area contributed by atoms with Gasteiger partial charge in [-0.05, 0) is 56.4 Å². The molecule has 2 bridgehead atoms. The van der Waals surface area contributed by atoms with Crippen molar-refractivity contribution in [3.05, 3.63) is 47.5 Å². The van der Waals surface area contributed by atoms with Gasteiger partial charge in [-0.2, -0.15) is 5.10 Å². The van der Waals surface area contributed by atoms with Gasteiger partial charge < -0.3 is 4.90 Å². The average Bonchev–Trinajstić information content (AvgIpc) is 2.82. The molecule has 2 aromatic heterocycles. The third-order valence-electron chi connectivity index (χ3n) is 5.71. The second-order valence-corrected chi connectivity index (χ2v) is 7.59. The van der Waals surface area contributed by atoms with Gasteiger partial charge in [0.15, 0.2) is 5.69 Å². The van der Waals surface area contributed by atoms with Gasteiger partial charge in [-0.25, -0.2) is 0 Å². The van der Waals surface area contributed by atoms with Crippen LogP contribution in [0.3, 0.4) is 0 Å². The highest BCUT2D eigenvalue weighted by Crippen LogP contribution is 2.30. The molecule has 0 N–H and O–H groups in total. The minimum atomic E-state index is 0.0979. The van der Waals surface area contributed by atoms with E-state index in [9.17, 15) is 4.79 Å². The van der Waals surface area contributed by atoms with Crippen LogP contribution in [0.2, 0.25) is 0 Å². The Labute approximate surface area is 154 Å². The predicted molar refractivity (Wildman–Crippen MR) is 99.7 cm³/mol. The van der Waals surface area contributed by atoms with Crippen molar-refractivity contribution in [3.8, 4) is 0 Å². The minimum absolute atomic E-state index is 0.0979. The Bertz CT molecular complexity index is 772. The van der Waals surface area contributed by atoms with Crippen molar-refractivity contribution >= 4 is 5.91 Å². The quantitative estimate of drug-likeness (QED) is 0.847. The molecule has 3 aliphatic rings. The Morgan fingerprint density at radius 1 is 1.19 bits per heavy atom. The lowest BCUT2D eigenvalue weighted by Crippen LogP contribution is -2.47. The van der Waals surface area contributed by atoms with Gasteiger partial charge in [-0.3, -0.25) is 19.4 Å². The third kappa shape index (κ3) is 3.38. The lowest BCUT2D eigenvalue weighted by Gasteiger charge is -2.35. The first-order valence-corrected chi connectivity index (χ1v) is 9.60. The highest BCUT2D eigenvalue weighted by atomic mass is 16.2. The van der Waals surface area contributed by atoms with Crippen LogP contribution in [0.4, 0.5) is 0 Å². The maximum absolute atomic E-state index is 13.1. The molecule has 1 amide bonds. The number of hydrogen-bond donors (Lipinski definition) is 0. The molecule has 3 fully saturated rings. The van der Waals surface area contributed by atoms with Crippen molar-refractivity contribution in [3.63, 3.8) is 0 Å². The van der Waals surface area contributed by atoms with E-state index < -0.39 is 0 Å². The second-order valence-electron chi connectivity index (χ2n) is 7.59. The van der Waals surface area contributed by atoms with Gasteiger partial charge in [0.25, 0.3) is 5.91 Å². The summed E-state index contributed by atoms with van der Waals surface area (Å²) in [5, 5.41) is 4.51. The summed E-state index contributed by atoms with van der Waals surface area (Å²) < 4.78 is 1.90. The van der Waals surface area contributed by atoms with Crippen LogP contribution in [-0.2, 0) is 13.1 Å². The van der Waals surface area contributed by atoms with Crippen LogP contribution in [0.1, 0.15) is 41.5 Å². The number of carbonyl (C=O) groups is 1. The Hall–Kier alpha value is -2.21. The zero-order valence-electron chi connectivity index (χ0n) is 15.6. The van der Waals surface area contributed by atoms with E-state index in [0.29, 0.717) is 11.6 Å². The Morgan fingerprint density at radius 3 is 2.73 bits per heavy atom. The summed E-state index contributed by atoms with van der Waals surface area (Å²) in [6.45, 7) is 8.65. The maximum Gasteiger partial charge on any atom is 0.274 e. The molecule has 3 saturated heterocycles. The summed E-state index contributed by atoms with van der Waals surface area (Å²) >= 11 is 0. The monoisotopic (exact) mass is 353 g/mol. The molecule has 0 aliphatic carbocycles. The van der Waals surface area contributed by atoms with Gasteiger partial charge in [0, 0.05) is 56.9 Å². The molecular formula is C20H27N5O. The van der Waals surface area contributed by atoms with E-state index >= 15 is 0 Å². The Morgan fingerprint density at radius 2 is 2.00 bits per heavy atom. The van der Waals surface area contributed by atoms with Gasteiger partial charge in [-0.1, -0.05) is 0 Å². The van der Waals surface area contributed by atoms with Crippen LogP contribution in [0.25, 0.3) is 0 Å². The van der Waals surface area contributed by atoms with E-state index in [1.165, 1.54) is 12.0 Å². The van der Waals surface area contributed by atoms with E-state index in [0.717, 1.165) is 44.8 Å². The summed E-state index contributed by atoms with van der Waals surface area (Å²) in [6, 6.07) is 6.38. The Balaban J connectivity index is 1.50. The topological polar surface area (TPSA) is 54.3 Å². The number of aryl methyl sites for hydroxylation is 2. The first-order chi connectivity index (χ1) is 12.6. The zero-order valence-corrected chi connectivity index (χ0v) is 15.6. The molecule has 3 aliphatic heterocycles. The van der Waals surface area contributed by atoms with Crippen LogP contribution in [0.15, 0.2) is 30.6 Å². The molecule has 2 atom stereocenters. The lowest BCUT2D eigenvalue weighted by atomic mass is 9.94. The van der Waals surface area contributed by atoms with Gasteiger partial charge in [0.05, 0.1) is 0 Å². The molecule has 5 heterocycles. The van der Waals surface area contributed by atoms with Crippen LogP contribution in [0.5, 0.6) is 0 Å². The fourth-order valence-corrected chi connectivity index (χ4v) is 4.39. The third-order valence-corrected chi connectivity index (χ3v) is 5.71. The molecule has 0 saturated carbocycles. The van der Waals surface area contributed by atoms with Gasteiger partial charge in [0.2, 0.25) is 0 Å². The van der Waals surface area contributed by atoms with Crippen LogP contribution >= 0.6 is 0 Å². The summed E-state index contributed by atoms with van der Waals surface area (Å²) in [5.41, 5.74) is 2.93. The number of aromatic nitrogens is 3. The predicted octanol–water partition coefficient (Wildman–Crippen LogP) is 2.34. The molecule has 26 heavy (non-hydrogen) atoms.